The van der Waals surface area contributed by atoms with Gasteiger partial charge in [0, 0.05) is 17.2 Å². The summed E-state index contributed by atoms with van der Waals surface area (Å²) in [6.07, 6.45) is 21.5. The Balaban J connectivity index is 1.33. The third kappa shape index (κ3) is 4.18. The monoisotopic (exact) mass is 405 g/mol. The van der Waals surface area contributed by atoms with E-state index >= 15 is 0 Å². The van der Waals surface area contributed by atoms with E-state index in [0.717, 1.165) is 29.0 Å². The Bertz CT molecular complexity index is 502. The van der Waals surface area contributed by atoms with Crippen LogP contribution in [0.4, 0.5) is 0 Å². The summed E-state index contributed by atoms with van der Waals surface area (Å²) in [5.74, 6) is 2.66. The third-order valence-corrected chi connectivity index (χ3v) is 10.5. The molecule has 0 aromatic rings. The van der Waals surface area contributed by atoms with Gasteiger partial charge in [-0.05, 0) is 70.3 Å². The quantitative estimate of drug-likeness (QED) is 0.665. The van der Waals surface area contributed by atoms with E-state index in [4.69, 9.17) is 0 Å². The molecule has 3 saturated heterocycles. The zero-order valence-corrected chi connectivity index (χ0v) is 18.9. The molecule has 28 heavy (non-hydrogen) atoms. The Labute approximate surface area is 177 Å². The molecule has 0 spiro atoms. The lowest BCUT2D eigenvalue weighted by atomic mass is 9.81. The summed E-state index contributed by atoms with van der Waals surface area (Å²) >= 11 is 2.36. The summed E-state index contributed by atoms with van der Waals surface area (Å²) in [6.45, 7) is 3.81. The second-order valence-corrected chi connectivity index (χ2v) is 12.0. The summed E-state index contributed by atoms with van der Waals surface area (Å²) in [4.78, 5) is 2.89. The molecule has 0 bridgehead atoms. The number of nitrogens with one attached hydrogen (secondary N) is 2. The van der Waals surface area contributed by atoms with Gasteiger partial charge in [0.15, 0.2) is 0 Å². The molecule has 5 rings (SSSR count). The molecule has 0 amide bonds. The van der Waals surface area contributed by atoms with Gasteiger partial charge in [-0.3, -0.25) is 15.5 Å². The highest BCUT2D eigenvalue weighted by Gasteiger charge is 2.49. The minimum absolute atomic E-state index is 0.554. The minimum atomic E-state index is 0.554. The van der Waals surface area contributed by atoms with Crippen LogP contribution in [-0.2, 0) is 0 Å². The number of likely N-dealkylation sites (tertiary alicyclic amines) is 1. The highest BCUT2D eigenvalue weighted by Crippen LogP contribution is 2.48. The van der Waals surface area contributed by atoms with Crippen LogP contribution in [0.1, 0.15) is 96.8 Å². The molecular weight excluding hydrogens is 362 g/mol. The lowest BCUT2D eigenvalue weighted by Crippen LogP contribution is -2.69. The van der Waals surface area contributed by atoms with Crippen molar-refractivity contribution in [2.24, 2.45) is 17.8 Å². The van der Waals surface area contributed by atoms with E-state index in [0.29, 0.717) is 17.7 Å². The first-order chi connectivity index (χ1) is 13.8. The fourth-order valence-electron chi connectivity index (χ4n) is 7.15. The molecule has 0 aromatic carbocycles. The molecule has 0 aromatic heterocycles. The highest BCUT2D eigenvalue weighted by molar-refractivity contribution is 8.00. The van der Waals surface area contributed by atoms with Crippen molar-refractivity contribution >= 4 is 11.8 Å². The molecule has 3 heterocycles. The molecule has 6 unspecified atom stereocenters. The zero-order chi connectivity index (χ0) is 18.9. The molecule has 2 saturated carbocycles. The molecule has 5 aliphatic rings. The lowest BCUT2D eigenvalue weighted by Gasteiger charge is -2.50. The van der Waals surface area contributed by atoms with E-state index in [1.165, 1.54) is 96.4 Å². The number of thioether (sulfide) groups is 1. The number of hydrogen-bond acceptors (Lipinski definition) is 4. The van der Waals surface area contributed by atoms with Crippen molar-refractivity contribution in [1.29, 1.82) is 0 Å². The van der Waals surface area contributed by atoms with Gasteiger partial charge in [0.25, 0.3) is 0 Å². The van der Waals surface area contributed by atoms with Crippen LogP contribution >= 0.6 is 11.8 Å². The van der Waals surface area contributed by atoms with Gasteiger partial charge in [0.2, 0.25) is 0 Å². The fourth-order valence-corrected chi connectivity index (χ4v) is 9.04. The number of hydrogen-bond donors (Lipinski definition) is 2. The van der Waals surface area contributed by atoms with E-state index in [1.807, 2.05) is 0 Å². The maximum atomic E-state index is 4.22. The smallest absolute Gasteiger partial charge is 0.0664 e. The molecule has 5 fully saturated rings. The van der Waals surface area contributed by atoms with Crippen LogP contribution in [0, 0.1) is 17.8 Å². The lowest BCUT2D eigenvalue weighted by molar-refractivity contribution is -0.00135. The Morgan fingerprint density at radius 3 is 2.14 bits per heavy atom. The van der Waals surface area contributed by atoms with Crippen molar-refractivity contribution in [1.82, 2.24) is 15.5 Å². The number of nitrogens with zero attached hydrogens (tertiary/aromatic N) is 1. The topological polar surface area (TPSA) is 27.3 Å². The Morgan fingerprint density at radius 1 is 0.750 bits per heavy atom. The van der Waals surface area contributed by atoms with Gasteiger partial charge in [-0.2, -0.15) is 0 Å². The molecule has 6 atom stereocenters. The van der Waals surface area contributed by atoms with Crippen LogP contribution in [-0.4, -0.2) is 40.4 Å². The van der Waals surface area contributed by atoms with Gasteiger partial charge in [0.1, 0.15) is 0 Å². The van der Waals surface area contributed by atoms with E-state index < -0.39 is 0 Å². The average Bonchev–Trinajstić information content (AvgIpc) is 3.19. The van der Waals surface area contributed by atoms with Crippen molar-refractivity contribution in [3.63, 3.8) is 0 Å². The molecule has 4 heteroatoms. The molecule has 3 aliphatic heterocycles. The predicted molar refractivity (Wildman–Crippen MR) is 120 cm³/mol. The van der Waals surface area contributed by atoms with Crippen molar-refractivity contribution in [3.05, 3.63) is 0 Å². The summed E-state index contributed by atoms with van der Waals surface area (Å²) in [7, 11) is 0. The van der Waals surface area contributed by atoms with Crippen LogP contribution in [0.5, 0.6) is 0 Å². The van der Waals surface area contributed by atoms with Gasteiger partial charge < -0.3 is 0 Å². The molecular formula is C24H43N3S. The molecule has 160 valence electrons. The van der Waals surface area contributed by atoms with E-state index in [2.05, 4.69) is 34.2 Å². The average molecular weight is 406 g/mol. The second kappa shape index (κ2) is 9.16. The summed E-state index contributed by atoms with van der Waals surface area (Å²) in [6, 6.07) is 0.760. The molecule has 3 nitrogen and oxygen atoms in total. The zero-order valence-electron chi connectivity index (χ0n) is 18.1. The third-order valence-electron chi connectivity index (χ3n) is 8.82. The summed E-state index contributed by atoms with van der Waals surface area (Å²) < 4.78 is 0. The van der Waals surface area contributed by atoms with Crippen LogP contribution in [0.3, 0.4) is 0 Å². The maximum Gasteiger partial charge on any atom is 0.0664 e. The molecule has 2 N–H and O–H groups in total. The van der Waals surface area contributed by atoms with Gasteiger partial charge in [-0.1, -0.05) is 44.9 Å². The van der Waals surface area contributed by atoms with Crippen molar-refractivity contribution in [2.45, 2.75) is 126 Å². The standard InChI is InChI=1S/C24H43N3S/c1-17-10-8-9-15-27(17)23-20-16-21(18-11-4-2-5-12-18)28-24(20)26-22(25-23)19-13-6-3-7-14-19/h17-26H,2-16H2,1H3. The van der Waals surface area contributed by atoms with Gasteiger partial charge >= 0.3 is 0 Å². The van der Waals surface area contributed by atoms with E-state index in [-0.39, 0.29) is 0 Å². The van der Waals surface area contributed by atoms with Crippen molar-refractivity contribution in [3.8, 4) is 0 Å². The van der Waals surface area contributed by atoms with Crippen LogP contribution in [0.2, 0.25) is 0 Å². The minimum Gasteiger partial charge on any atom is -0.289 e. The van der Waals surface area contributed by atoms with Gasteiger partial charge in [0.05, 0.1) is 17.7 Å². The fraction of sp³-hybridized carbons (Fsp3) is 1.00. The highest BCUT2D eigenvalue weighted by atomic mass is 32.2. The Kier molecular flexibility index (Phi) is 6.59. The molecule has 0 radical (unpaired) electrons. The SMILES string of the molecule is CC1CCCCN1C1NC(C2CCCCC2)NC2SC(C3CCCCC3)CC21. The number of rotatable bonds is 3. The van der Waals surface area contributed by atoms with Gasteiger partial charge in [-0.15, -0.1) is 11.8 Å². The summed E-state index contributed by atoms with van der Waals surface area (Å²) in [5, 5.41) is 9.99. The van der Waals surface area contributed by atoms with E-state index in [9.17, 15) is 0 Å². The first kappa shape index (κ1) is 20.2. The number of piperidine rings is 1. The Morgan fingerprint density at radius 2 is 1.43 bits per heavy atom. The van der Waals surface area contributed by atoms with Crippen LogP contribution in [0.25, 0.3) is 0 Å². The first-order valence-corrected chi connectivity index (χ1v) is 13.7. The Hall–Kier alpha value is 0.230. The predicted octanol–water partition coefficient (Wildman–Crippen LogP) is 5.31. The van der Waals surface area contributed by atoms with Crippen LogP contribution in [0.15, 0.2) is 0 Å². The van der Waals surface area contributed by atoms with Crippen molar-refractivity contribution < 1.29 is 0 Å². The second-order valence-electron chi connectivity index (χ2n) is 10.6. The maximum absolute atomic E-state index is 4.22. The first-order valence-electron chi connectivity index (χ1n) is 12.7. The normalized spacial score (nSPS) is 44.5. The van der Waals surface area contributed by atoms with Gasteiger partial charge in [-0.25, -0.2) is 0 Å². The number of fused-ring (bicyclic) bond motifs is 1. The largest absolute Gasteiger partial charge is 0.289 e. The van der Waals surface area contributed by atoms with Crippen LogP contribution < -0.4 is 10.6 Å². The molecule has 2 aliphatic carbocycles. The summed E-state index contributed by atoms with van der Waals surface area (Å²) in [5.41, 5.74) is 0. The van der Waals surface area contributed by atoms with E-state index in [1.54, 1.807) is 0 Å². The van der Waals surface area contributed by atoms with Crippen molar-refractivity contribution in [2.75, 3.05) is 6.54 Å².